The van der Waals surface area contributed by atoms with Crippen molar-refractivity contribution in [2.24, 2.45) is 4.99 Å². The summed E-state index contributed by atoms with van der Waals surface area (Å²) in [6.45, 7) is 8.61. The van der Waals surface area contributed by atoms with Gasteiger partial charge in [0.2, 0.25) is 0 Å². The predicted molar refractivity (Wildman–Crippen MR) is 59.6 cm³/mol. The molecule has 0 radical (unpaired) electrons. The number of ether oxygens (including phenoxy) is 2. The van der Waals surface area contributed by atoms with Crippen LogP contribution < -0.4 is 0 Å². The molecule has 82 valence electrons. The van der Waals surface area contributed by atoms with Gasteiger partial charge in [-0.25, -0.2) is 4.99 Å². The van der Waals surface area contributed by atoms with Gasteiger partial charge < -0.3 is 9.47 Å². The molecule has 0 saturated carbocycles. The molecule has 0 fully saturated rings. The summed E-state index contributed by atoms with van der Waals surface area (Å²) in [5, 5.41) is 0. The molecular formula is C11H21NO2. The Balaban J connectivity index is 4.64. The van der Waals surface area contributed by atoms with Gasteiger partial charge in [0.05, 0.1) is 19.8 Å². The highest BCUT2D eigenvalue weighted by atomic mass is 16.5. The molecule has 0 spiro atoms. The number of hydrogen-bond acceptors (Lipinski definition) is 3. The van der Waals surface area contributed by atoms with Crippen LogP contribution in [-0.4, -0.2) is 25.7 Å². The van der Waals surface area contributed by atoms with Crippen LogP contribution in [-0.2, 0) is 9.47 Å². The number of allylic oxidation sites excluding steroid dienone is 1. The van der Waals surface area contributed by atoms with Gasteiger partial charge in [-0.15, -0.1) is 0 Å². The van der Waals surface area contributed by atoms with Crippen molar-refractivity contribution in [3.63, 3.8) is 0 Å². The van der Waals surface area contributed by atoms with Crippen LogP contribution in [0.25, 0.3) is 0 Å². The van der Waals surface area contributed by atoms with Crippen molar-refractivity contribution >= 4 is 5.90 Å². The molecule has 3 nitrogen and oxygen atoms in total. The molecule has 1 atom stereocenters. The maximum Gasteiger partial charge on any atom is 0.252 e. The normalized spacial score (nSPS) is 15.2. The van der Waals surface area contributed by atoms with Crippen molar-refractivity contribution in [2.45, 2.75) is 40.2 Å². The average Bonchev–Trinajstić information content (AvgIpc) is 2.19. The first kappa shape index (κ1) is 13.0. The molecule has 0 aromatic heterocycles. The molecule has 0 aliphatic rings. The highest BCUT2D eigenvalue weighted by Gasteiger charge is 2.08. The van der Waals surface area contributed by atoms with Crippen LogP contribution in [0.2, 0.25) is 0 Å². The first-order valence-corrected chi connectivity index (χ1v) is 5.10. The monoisotopic (exact) mass is 199 g/mol. The lowest BCUT2D eigenvalue weighted by Crippen LogP contribution is -2.13. The van der Waals surface area contributed by atoms with E-state index in [4.69, 9.17) is 9.47 Å². The van der Waals surface area contributed by atoms with Gasteiger partial charge in [-0.2, -0.15) is 0 Å². The average molecular weight is 199 g/mol. The summed E-state index contributed by atoms with van der Waals surface area (Å²) in [5.74, 6) is 1.30. The Morgan fingerprint density at radius 1 is 1.43 bits per heavy atom. The van der Waals surface area contributed by atoms with Crippen LogP contribution in [0.5, 0.6) is 0 Å². The zero-order valence-corrected chi connectivity index (χ0v) is 9.83. The van der Waals surface area contributed by atoms with E-state index in [9.17, 15) is 0 Å². The molecule has 1 unspecified atom stereocenters. The Morgan fingerprint density at radius 3 is 2.43 bits per heavy atom. The smallest absolute Gasteiger partial charge is 0.252 e. The topological polar surface area (TPSA) is 30.8 Å². The molecule has 0 aromatic rings. The van der Waals surface area contributed by atoms with Crippen LogP contribution in [0.1, 0.15) is 34.1 Å². The summed E-state index contributed by atoms with van der Waals surface area (Å²) in [4.78, 5) is 4.43. The van der Waals surface area contributed by atoms with Crippen molar-refractivity contribution in [1.29, 1.82) is 0 Å². The van der Waals surface area contributed by atoms with E-state index in [0.29, 0.717) is 18.3 Å². The van der Waals surface area contributed by atoms with E-state index < -0.39 is 0 Å². The van der Waals surface area contributed by atoms with E-state index in [1.807, 2.05) is 19.9 Å². The quantitative estimate of drug-likeness (QED) is 0.387. The van der Waals surface area contributed by atoms with Gasteiger partial charge in [0.25, 0.3) is 5.90 Å². The Morgan fingerprint density at radius 2 is 2.07 bits per heavy atom. The largest absolute Gasteiger partial charge is 0.492 e. The van der Waals surface area contributed by atoms with Crippen molar-refractivity contribution in [3.05, 3.63) is 11.8 Å². The van der Waals surface area contributed by atoms with Crippen LogP contribution in [0.15, 0.2) is 16.8 Å². The van der Waals surface area contributed by atoms with Crippen molar-refractivity contribution in [3.8, 4) is 0 Å². The summed E-state index contributed by atoms with van der Waals surface area (Å²) in [7, 11) is 1.63. The second kappa shape index (κ2) is 7.42. The van der Waals surface area contributed by atoms with Gasteiger partial charge in [-0.3, -0.25) is 0 Å². The first-order valence-electron chi connectivity index (χ1n) is 5.10. The molecule has 3 heteroatoms. The number of aliphatic imine (C=N–C) groups is 1. The van der Waals surface area contributed by atoms with E-state index in [2.05, 4.69) is 18.8 Å². The van der Waals surface area contributed by atoms with Gasteiger partial charge in [-0.1, -0.05) is 6.92 Å². The summed E-state index contributed by atoms with van der Waals surface area (Å²) in [5.41, 5.74) is 0. The first-order chi connectivity index (χ1) is 6.69. The van der Waals surface area contributed by atoms with Gasteiger partial charge in [-0.05, 0) is 33.3 Å². The van der Waals surface area contributed by atoms with E-state index >= 15 is 0 Å². The van der Waals surface area contributed by atoms with Crippen molar-refractivity contribution in [1.82, 2.24) is 0 Å². The number of methoxy groups -OCH3 is 1. The third-order valence-corrected chi connectivity index (χ3v) is 1.90. The predicted octanol–water partition coefficient (Wildman–Crippen LogP) is 2.77. The lowest BCUT2D eigenvalue weighted by atomic mass is 10.3. The van der Waals surface area contributed by atoms with Gasteiger partial charge in [0, 0.05) is 0 Å². The van der Waals surface area contributed by atoms with Crippen LogP contribution in [0.4, 0.5) is 0 Å². The minimum atomic E-state index is 0.265. The van der Waals surface area contributed by atoms with Crippen LogP contribution in [0.3, 0.4) is 0 Å². The van der Waals surface area contributed by atoms with Crippen molar-refractivity contribution in [2.75, 3.05) is 13.7 Å². The highest BCUT2D eigenvalue weighted by Crippen LogP contribution is 2.05. The van der Waals surface area contributed by atoms with Crippen LogP contribution >= 0.6 is 0 Å². The fraction of sp³-hybridized carbons (Fsp3) is 0.727. The minimum absolute atomic E-state index is 0.265. The Bertz CT molecular complexity index is 209. The molecule has 0 heterocycles. The summed E-state index contributed by atoms with van der Waals surface area (Å²) in [6, 6.07) is 0.265. The molecule has 0 aliphatic heterocycles. The van der Waals surface area contributed by atoms with E-state index in [0.717, 1.165) is 6.42 Å². The highest BCUT2D eigenvalue weighted by molar-refractivity contribution is 5.91. The summed E-state index contributed by atoms with van der Waals surface area (Å²) >= 11 is 0. The maximum absolute atomic E-state index is 5.42. The van der Waals surface area contributed by atoms with E-state index in [1.165, 1.54) is 0 Å². The summed E-state index contributed by atoms with van der Waals surface area (Å²) < 4.78 is 10.6. The van der Waals surface area contributed by atoms with Gasteiger partial charge in [0.15, 0.2) is 5.76 Å². The Kier molecular flexibility index (Phi) is 6.89. The number of rotatable bonds is 5. The molecule has 0 aromatic carbocycles. The molecule has 0 N–H and O–H groups in total. The second-order valence-corrected chi connectivity index (χ2v) is 2.98. The zero-order chi connectivity index (χ0) is 11.0. The fourth-order valence-corrected chi connectivity index (χ4v) is 0.929. The third-order valence-electron chi connectivity index (χ3n) is 1.90. The SMILES string of the molecule is C/C=C(/OC)C(=NC(C)CC)OCC. The second-order valence-electron chi connectivity index (χ2n) is 2.98. The van der Waals surface area contributed by atoms with Gasteiger partial charge >= 0.3 is 0 Å². The Hall–Kier alpha value is -0.990. The molecular weight excluding hydrogens is 178 g/mol. The van der Waals surface area contributed by atoms with Gasteiger partial charge in [0.1, 0.15) is 0 Å². The molecule has 0 bridgehead atoms. The maximum atomic E-state index is 5.42. The zero-order valence-electron chi connectivity index (χ0n) is 9.83. The van der Waals surface area contributed by atoms with E-state index in [1.54, 1.807) is 7.11 Å². The third kappa shape index (κ3) is 4.30. The lowest BCUT2D eigenvalue weighted by Gasteiger charge is -2.12. The van der Waals surface area contributed by atoms with Crippen molar-refractivity contribution < 1.29 is 9.47 Å². The number of hydrogen-bond donors (Lipinski definition) is 0. The molecule has 0 rings (SSSR count). The minimum Gasteiger partial charge on any atom is -0.492 e. The Labute approximate surface area is 86.8 Å². The molecule has 0 amide bonds. The number of nitrogens with zero attached hydrogens (tertiary/aromatic N) is 1. The molecule has 0 aliphatic carbocycles. The lowest BCUT2D eigenvalue weighted by molar-refractivity contribution is 0.262. The molecule has 14 heavy (non-hydrogen) atoms. The van der Waals surface area contributed by atoms with E-state index in [-0.39, 0.29) is 6.04 Å². The fourth-order valence-electron chi connectivity index (χ4n) is 0.929. The molecule has 0 saturated heterocycles. The standard InChI is InChI=1S/C11H21NO2/c1-6-9(4)12-11(14-8-3)10(7-2)13-5/h7,9H,6,8H2,1-5H3/b10-7+,12-11?. The van der Waals surface area contributed by atoms with Crippen LogP contribution in [0, 0.1) is 0 Å². The summed E-state index contributed by atoms with van der Waals surface area (Å²) in [6.07, 6.45) is 2.86.